The Balaban J connectivity index is 0.000000531. The molecule has 1 saturated carbocycles. The zero-order chi connectivity index (χ0) is 11.1. The highest BCUT2D eigenvalue weighted by Gasteiger charge is 2.14. The highest BCUT2D eigenvalue weighted by molar-refractivity contribution is 5.26. The molecule has 0 aliphatic heterocycles. The predicted molar refractivity (Wildman–Crippen MR) is 65.1 cm³/mol. The number of phenols is 1. The lowest BCUT2D eigenvalue weighted by atomic mass is 9.98. The molecule has 0 spiro atoms. The first kappa shape index (κ1) is 12.1. The van der Waals surface area contributed by atoms with Gasteiger partial charge in [0.1, 0.15) is 5.75 Å². The van der Waals surface area contributed by atoms with Crippen molar-refractivity contribution in [2.75, 3.05) is 0 Å². The fraction of sp³-hybridized carbons (Fsp3) is 0.571. The largest absolute Gasteiger partial charge is 0.508 e. The Bertz CT molecular complexity index is 257. The van der Waals surface area contributed by atoms with Crippen LogP contribution in [0.2, 0.25) is 0 Å². The molecule has 84 valence electrons. The highest BCUT2D eigenvalue weighted by atomic mass is 16.3. The van der Waals surface area contributed by atoms with Crippen molar-refractivity contribution in [3.63, 3.8) is 0 Å². The maximum atomic E-state index is 9.12. The van der Waals surface area contributed by atoms with Crippen LogP contribution in [-0.2, 0) is 6.42 Å². The van der Waals surface area contributed by atoms with E-state index in [-0.39, 0.29) is 0 Å². The second kappa shape index (κ2) is 6.49. The number of rotatable bonds is 2. The molecule has 0 aromatic heterocycles. The summed E-state index contributed by atoms with van der Waals surface area (Å²) >= 11 is 0. The van der Waals surface area contributed by atoms with Gasteiger partial charge in [-0.3, -0.25) is 0 Å². The van der Waals surface area contributed by atoms with E-state index in [1.54, 1.807) is 12.1 Å². The minimum Gasteiger partial charge on any atom is -0.508 e. The third-order valence-electron chi connectivity index (χ3n) is 2.94. The number of hydrogen-bond acceptors (Lipinski definition) is 1. The van der Waals surface area contributed by atoms with E-state index in [4.69, 9.17) is 5.11 Å². The van der Waals surface area contributed by atoms with E-state index in [9.17, 15) is 0 Å². The van der Waals surface area contributed by atoms with Gasteiger partial charge in [0.15, 0.2) is 0 Å². The SMILES string of the molecule is CC.Oc1ccc(CC2CCCC2)cc1. The van der Waals surface area contributed by atoms with Crippen molar-refractivity contribution in [2.24, 2.45) is 5.92 Å². The summed E-state index contributed by atoms with van der Waals surface area (Å²) in [6, 6.07) is 7.63. The molecule has 1 N–H and O–H groups in total. The monoisotopic (exact) mass is 206 g/mol. The summed E-state index contributed by atoms with van der Waals surface area (Å²) in [6.07, 6.45) is 6.79. The smallest absolute Gasteiger partial charge is 0.115 e. The van der Waals surface area contributed by atoms with Crippen LogP contribution in [0.25, 0.3) is 0 Å². The highest BCUT2D eigenvalue weighted by Crippen LogP contribution is 2.28. The fourth-order valence-electron chi connectivity index (χ4n) is 2.18. The lowest BCUT2D eigenvalue weighted by Crippen LogP contribution is -1.97. The minimum atomic E-state index is 0.371. The van der Waals surface area contributed by atoms with E-state index in [0.717, 1.165) is 5.92 Å². The first-order valence-corrected chi connectivity index (χ1v) is 6.12. The van der Waals surface area contributed by atoms with E-state index in [2.05, 4.69) is 0 Å². The average Bonchev–Trinajstić information content (AvgIpc) is 2.77. The van der Waals surface area contributed by atoms with Crippen LogP contribution in [-0.4, -0.2) is 5.11 Å². The topological polar surface area (TPSA) is 20.2 Å². The molecule has 1 aromatic carbocycles. The summed E-state index contributed by atoms with van der Waals surface area (Å²) < 4.78 is 0. The Hall–Kier alpha value is -0.980. The van der Waals surface area contributed by atoms with Crippen molar-refractivity contribution in [1.29, 1.82) is 0 Å². The molecule has 0 saturated heterocycles. The predicted octanol–water partition coefficient (Wildman–Crippen LogP) is 4.15. The summed E-state index contributed by atoms with van der Waals surface area (Å²) in [5.41, 5.74) is 1.37. The molecule has 1 aromatic rings. The second-order valence-corrected chi connectivity index (χ2v) is 4.02. The molecule has 0 heterocycles. The molecular formula is C14H22O. The molecule has 0 bridgehead atoms. The van der Waals surface area contributed by atoms with Crippen LogP contribution >= 0.6 is 0 Å². The Kier molecular flexibility index (Phi) is 5.23. The molecule has 1 aliphatic carbocycles. The molecule has 15 heavy (non-hydrogen) atoms. The van der Waals surface area contributed by atoms with Crippen LogP contribution in [0.1, 0.15) is 45.1 Å². The average molecular weight is 206 g/mol. The second-order valence-electron chi connectivity index (χ2n) is 4.02. The molecule has 1 aliphatic rings. The van der Waals surface area contributed by atoms with E-state index in [1.165, 1.54) is 37.7 Å². The van der Waals surface area contributed by atoms with Crippen LogP contribution in [0.4, 0.5) is 0 Å². The zero-order valence-electron chi connectivity index (χ0n) is 9.87. The maximum absolute atomic E-state index is 9.12. The van der Waals surface area contributed by atoms with Gasteiger partial charge in [-0.2, -0.15) is 0 Å². The normalized spacial score (nSPS) is 15.9. The standard InChI is InChI=1S/C12H16O.C2H6/c13-12-7-5-11(6-8-12)9-10-3-1-2-4-10;1-2/h5-8,10,13H,1-4,9H2;1-2H3. The van der Waals surface area contributed by atoms with E-state index in [1.807, 2.05) is 26.0 Å². The third-order valence-corrected chi connectivity index (χ3v) is 2.94. The van der Waals surface area contributed by atoms with Crippen molar-refractivity contribution in [3.05, 3.63) is 29.8 Å². The van der Waals surface area contributed by atoms with Gasteiger partial charge in [-0.1, -0.05) is 51.7 Å². The molecular weight excluding hydrogens is 184 g/mol. The van der Waals surface area contributed by atoms with Crippen LogP contribution < -0.4 is 0 Å². The van der Waals surface area contributed by atoms with Crippen molar-refractivity contribution in [2.45, 2.75) is 46.0 Å². The summed E-state index contributed by atoms with van der Waals surface area (Å²) in [5.74, 6) is 1.26. The van der Waals surface area contributed by atoms with Gasteiger partial charge in [0, 0.05) is 0 Å². The maximum Gasteiger partial charge on any atom is 0.115 e. The number of phenolic OH excluding ortho intramolecular Hbond substituents is 1. The molecule has 0 atom stereocenters. The van der Waals surface area contributed by atoms with Gasteiger partial charge in [0.25, 0.3) is 0 Å². The van der Waals surface area contributed by atoms with Gasteiger partial charge in [0.05, 0.1) is 0 Å². The van der Waals surface area contributed by atoms with Crippen LogP contribution in [0.3, 0.4) is 0 Å². The lowest BCUT2D eigenvalue weighted by molar-refractivity contribution is 0.474. The Morgan fingerprint density at radius 2 is 1.60 bits per heavy atom. The summed E-state index contributed by atoms with van der Waals surface area (Å²) in [5, 5.41) is 9.12. The van der Waals surface area contributed by atoms with Gasteiger partial charge in [-0.25, -0.2) is 0 Å². The summed E-state index contributed by atoms with van der Waals surface area (Å²) in [6.45, 7) is 4.00. The molecule has 0 radical (unpaired) electrons. The zero-order valence-corrected chi connectivity index (χ0v) is 9.87. The number of aromatic hydroxyl groups is 1. The van der Waals surface area contributed by atoms with Gasteiger partial charge in [-0.15, -0.1) is 0 Å². The Morgan fingerprint density at radius 3 is 2.13 bits per heavy atom. The Morgan fingerprint density at radius 1 is 1.07 bits per heavy atom. The minimum absolute atomic E-state index is 0.371. The quantitative estimate of drug-likeness (QED) is 0.770. The van der Waals surface area contributed by atoms with Crippen LogP contribution in [0.5, 0.6) is 5.75 Å². The fourth-order valence-corrected chi connectivity index (χ4v) is 2.18. The van der Waals surface area contributed by atoms with Gasteiger partial charge < -0.3 is 5.11 Å². The van der Waals surface area contributed by atoms with E-state index < -0.39 is 0 Å². The van der Waals surface area contributed by atoms with Crippen molar-refractivity contribution in [3.8, 4) is 5.75 Å². The molecule has 1 nitrogen and oxygen atoms in total. The van der Waals surface area contributed by atoms with Crippen molar-refractivity contribution < 1.29 is 5.11 Å². The molecule has 1 heteroatoms. The van der Waals surface area contributed by atoms with Gasteiger partial charge >= 0.3 is 0 Å². The molecule has 0 unspecified atom stereocenters. The molecule has 2 rings (SSSR count). The van der Waals surface area contributed by atoms with Gasteiger partial charge in [0.2, 0.25) is 0 Å². The third kappa shape index (κ3) is 3.94. The molecule has 0 amide bonds. The van der Waals surface area contributed by atoms with Crippen molar-refractivity contribution in [1.82, 2.24) is 0 Å². The Labute approximate surface area is 93.1 Å². The lowest BCUT2D eigenvalue weighted by Gasteiger charge is -2.08. The first-order chi connectivity index (χ1) is 7.34. The van der Waals surface area contributed by atoms with Gasteiger partial charge in [-0.05, 0) is 30.0 Å². The van der Waals surface area contributed by atoms with E-state index in [0.29, 0.717) is 5.75 Å². The van der Waals surface area contributed by atoms with Crippen molar-refractivity contribution >= 4 is 0 Å². The van der Waals surface area contributed by atoms with E-state index >= 15 is 0 Å². The van der Waals surface area contributed by atoms with Crippen LogP contribution in [0, 0.1) is 5.92 Å². The summed E-state index contributed by atoms with van der Waals surface area (Å²) in [4.78, 5) is 0. The number of benzene rings is 1. The van der Waals surface area contributed by atoms with Crippen LogP contribution in [0.15, 0.2) is 24.3 Å². The molecule has 1 fully saturated rings. The number of hydrogen-bond donors (Lipinski definition) is 1. The summed E-state index contributed by atoms with van der Waals surface area (Å²) in [7, 11) is 0. The first-order valence-electron chi connectivity index (χ1n) is 6.12.